The molecule has 0 aliphatic carbocycles. The molecule has 0 atom stereocenters. The molecule has 2 aromatic carbocycles. The molecule has 1 N–H and O–H groups in total. The minimum atomic E-state index is -0.503. The van der Waals surface area contributed by atoms with Gasteiger partial charge in [0.25, 0.3) is 11.6 Å². The number of rotatable bonds is 6. The van der Waals surface area contributed by atoms with Crippen LogP contribution >= 0.6 is 0 Å². The number of hydrazone groups is 1. The van der Waals surface area contributed by atoms with Crippen molar-refractivity contribution in [2.24, 2.45) is 5.10 Å². The van der Waals surface area contributed by atoms with Crippen molar-refractivity contribution in [1.82, 2.24) is 5.43 Å². The van der Waals surface area contributed by atoms with Crippen LogP contribution in [0, 0.1) is 17.0 Å². The SMILES string of the molecule is Cc1ccccc1C=NNC(=O)COc1ccc([N+](=O)[O-])cc1. The molecule has 118 valence electrons. The minimum Gasteiger partial charge on any atom is -0.484 e. The molecule has 7 heteroatoms. The second-order valence-corrected chi connectivity index (χ2v) is 4.69. The molecule has 0 saturated heterocycles. The molecule has 2 aromatic rings. The molecule has 0 aromatic heterocycles. The number of aryl methyl sites for hydroxylation is 1. The lowest BCUT2D eigenvalue weighted by atomic mass is 10.1. The first-order chi connectivity index (χ1) is 11.1. The number of hydrogen-bond donors (Lipinski definition) is 1. The number of nitrogens with one attached hydrogen (secondary N) is 1. The third kappa shape index (κ3) is 4.92. The number of carbonyl (C=O) groups is 1. The third-order valence-electron chi connectivity index (χ3n) is 3.00. The van der Waals surface area contributed by atoms with E-state index in [0.29, 0.717) is 5.75 Å². The van der Waals surface area contributed by atoms with Crippen molar-refractivity contribution in [3.8, 4) is 5.75 Å². The summed E-state index contributed by atoms with van der Waals surface area (Å²) in [4.78, 5) is 21.6. The van der Waals surface area contributed by atoms with E-state index in [2.05, 4.69) is 10.5 Å². The van der Waals surface area contributed by atoms with Crippen LogP contribution in [0.5, 0.6) is 5.75 Å². The Morgan fingerprint density at radius 1 is 1.26 bits per heavy atom. The summed E-state index contributed by atoms with van der Waals surface area (Å²) in [6.45, 7) is 1.71. The van der Waals surface area contributed by atoms with Gasteiger partial charge in [0.15, 0.2) is 6.61 Å². The Labute approximate surface area is 132 Å². The number of hydrogen-bond acceptors (Lipinski definition) is 5. The lowest BCUT2D eigenvalue weighted by Gasteiger charge is -2.04. The van der Waals surface area contributed by atoms with E-state index < -0.39 is 10.8 Å². The highest BCUT2D eigenvalue weighted by Crippen LogP contribution is 2.16. The quantitative estimate of drug-likeness (QED) is 0.503. The number of nitro groups is 1. The zero-order valence-corrected chi connectivity index (χ0v) is 12.4. The molecule has 1 amide bonds. The van der Waals surface area contributed by atoms with Crippen LogP contribution in [-0.4, -0.2) is 23.7 Å². The van der Waals surface area contributed by atoms with Crippen molar-refractivity contribution >= 4 is 17.8 Å². The summed E-state index contributed by atoms with van der Waals surface area (Å²) < 4.78 is 5.22. The number of carbonyl (C=O) groups excluding carboxylic acids is 1. The fourth-order valence-electron chi connectivity index (χ4n) is 1.75. The summed E-state index contributed by atoms with van der Waals surface area (Å²) in [5.41, 5.74) is 4.27. The Hall–Kier alpha value is -3.22. The number of ether oxygens (including phenoxy) is 1. The second-order valence-electron chi connectivity index (χ2n) is 4.69. The average Bonchev–Trinajstić information content (AvgIpc) is 2.55. The average molecular weight is 313 g/mol. The van der Waals surface area contributed by atoms with E-state index in [9.17, 15) is 14.9 Å². The first kappa shape index (κ1) is 16.2. The Bertz CT molecular complexity index is 726. The third-order valence-corrected chi connectivity index (χ3v) is 3.00. The second kappa shape index (κ2) is 7.69. The van der Waals surface area contributed by atoms with Gasteiger partial charge in [0.2, 0.25) is 0 Å². The highest BCUT2D eigenvalue weighted by molar-refractivity contribution is 5.84. The van der Waals surface area contributed by atoms with Gasteiger partial charge in [0.05, 0.1) is 11.1 Å². The Morgan fingerprint density at radius 3 is 2.61 bits per heavy atom. The standard InChI is InChI=1S/C16H15N3O4/c1-12-4-2-3-5-13(12)10-17-18-16(20)11-23-15-8-6-14(7-9-15)19(21)22/h2-10H,11H2,1H3,(H,18,20). The normalized spacial score (nSPS) is 10.5. The lowest BCUT2D eigenvalue weighted by molar-refractivity contribution is -0.384. The molecule has 0 bridgehead atoms. The van der Waals surface area contributed by atoms with Gasteiger partial charge in [0.1, 0.15) is 5.75 Å². The summed E-state index contributed by atoms with van der Waals surface area (Å²) in [6, 6.07) is 13.1. The summed E-state index contributed by atoms with van der Waals surface area (Å²) in [7, 11) is 0. The van der Waals surface area contributed by atoms with Crippen LogP contribution in [-0.2, 0) is 4.79 Å². The maximum atomic E-state index is 11.6. The maximum absolute atomic E-state index is 11.6. The summed E-state index contributed by atoms with van der Waals surface area (Å²) in [6.07, 6.45) is 1.55. The van der Waals surface area contributed by atoms with Crippen LogP contribution < -0.4 is 10.2 Å². The molecule has 0 heterocycles. The fraction of sp³-hybridized carbons (Fsp3) is 0.125. The number of benzene rings is 2. The van der Waals surface area contributed by atoms with Crippen molar-refractivity contribution < 1.29 is 14.5 Å². The zero-order chi connectivity index (χ0) is 16.7. The molecule has 0 fully saturated rings. The largest absolute Gasteiger partial charge is 0.484 e. The van der Waals surface area contributed by atoms with Crippen LogP contribution in [0.1, 0.15) is 11.1 Å². The van der Waals surface area contributed by atoms with Crippen LogP contribution in [0.4, 0.5) is 5.69 Å². The number of non-ortho nitro benzene ring substituents is 1. The van der Waals surface area contributed by atoms with Crippen LogP contribution in [0.3, 0.4) is 0 Å². The molecular weight excluding hydrogens is 298 g/mol. The van der Waals surface area contributed by atoms with Gasteiger partial charge in [-0.3, -0.25) is 14.9 Å². The van der Waals surface area contributed by atoms with Crippen LogP contribution in [0.2, 0.25) is 0 Å². The van der Waals surface area contributed by atoms with Gasteiger partial charge in [-0.1, -0.05) is 24.3 Å². The van der Waals surface area contributed by atoms with E-state index in [1.807, 2.05) is 31.2 Å². The van der Waals surface area contributed by atoms with Gasteiger partial charge in [-0.15, -0.1) is 0 Å². The van der Waals surface area contributed by atoms with E-state index in [4.69, 9.17) is 4.74 Å². The highest BCUT2D eigenvalue weighted by atomic mass is 16.6. The first-order valence-electron chi connectivity index (χ1n) is 6.81. The van der Waals surface area contributed by atoms with Gasteiger partial charge < -0.3 is 4.74 Å². The van der Waals surface area contributed by atoms with Crippen LogP contribution in [0.25, 0.3) is 0 Å². The van der Waals surface area contributed by atoms with E-state index in [1.165, 1.54) is 24.3 Å². The number of nitrogens with zero attached hydrogens (tertiary/aromatic N) is 2. The first-order valence-corrected chi connectivity index (χ1v) is 6.81. The van der Waals surface area contributed by atoms with Crippen molar-refractivity contribution in [3.63, 3.8) is 0 Å². The molecule has 0 radical (unpaired) electrons. The summed E-state index contributed by atoms with van der Waals surface area (Å²) in [5, 5.41) is 14.4. The number of nitro benzene ring substituents is 1. The van der Waals surface area contributed by atoms with Crippen molar-refractivity contribution in [3.05, 3.63) is 69.8 Å². The van der Waals surface area contributed by atoms with Crippen molar-refractivity contribution in [2.75, 3.05) is 6.61 Å². The van der Waals surface area contributed by atoms with E-state index in [1.54, 1.807) is 6.21 Å². The highest BCUT2D eigenvalue weighted by Gasteiger charge is 2.06. The predicted molar refractivity (Wildman–Crippen MR) is 85.5 cm³/mol. The molecule has 23 heavy (non-hydrogen) atoms. The van der Waals surface area contributed by atoms with Gasteiger partial charge in [-0.05, 0) is 30.2 Å². The van der Waals surface area contributed by atoms with E-state index in [-0.39, 0.29) is 12.3 Å². The van der Waals surface area contributed by atoms with E-state index >= 15 is 0 Å². The van der Waals surface area contributed by atoms with Gasteiger partial charge in [-0.25, -0.2) is 5.43 Å². The molecule has 0 aliphatic rings. The van der Waals surface area contributed by atoms with Crippen molar-refractivity contribution in [2.45, 2.75) is 6.92 Å². The molecule has 7 nitrogen and oxygen atoms in total. The van der Waals surface area contributed by atoms with Gasteiger partial charge in [-0.2, -0.15) is 5.10 Å². The Morgan fingerprint density at radius 2 is 1.96 bits per heavy atom. The molecule has 0 saturated carbocycles. The molecular formula is C16H15N3O4. The zero-order valence-electron chi connectivity index (χ0n) is 12.4. The lowest BCUT2D eigenvalue weighted by Crippen LogP contribution is -2.24. The smallest absolute Gasteiger partial charge is 0.277 e. The van der Waals surface area contributed by atoms with E-state index in [0.717, 1.165) is 11.1 Å². The van der Waals surface area contributed by atoms with Gasteiger partial charge >= 0.3 is 0 Å². The topological polar surface area (TPSA) is 93.8 Å². The fourth-order valence-corrected chi connectivity index (χ4v) is 1.75. The Kier molecular flexibility index (Phi) is 5.40. The Balaban J connectivity index is 1.81. The van der Waals surface area contributed by atoms with Crippen molar-refractivity contribution in [1.29, 1.82) is 0 Å². The molecule has 0 spiro atoms. The molecule has 2 rings (SSSR count). The minimum absolute atomic E-state index is 0.0374. The van der Waals surface area contributed by atoms with Gasteiger partial charge in [0, 0.05) is 12.1 Å². The van der Waals surface area contributed by atoms with Crippen LogP contribution in [0.15, 0.2) is 53.6 Å². The molecule has 0 aliphatic heterocycles. The number of amides is 1. The predicted octanol–water partition coefficient (Wildman–Crippen LogP) is 2.43. The molecule has 0 unspecified atom stereocenters. The monoisotopic (exact) mass is 313 g/mol. The summed E-state index contributed by atoms with van der Waals surface area (Å²) in [5.74, 6) is -0.0539. The summed E-state index contributed by atoms with van der Waals surface area (Å²) >= 11 is 0. The maximum Gasteiger partial charge on any atom is 0.277 e.